The van der Waals surface area contributed by atoms with Crippen molar-refractivity contribution in [2.45, 2.75) is 12.7 Å². The highest BCUT2D eigenvalue weighted by Crippen LogP contribution is 2.42. The molecule has 5 nitrogen and oxygen atoms in total. The molecule has 0 radical (unpaired) electrons. The first-order chi connectivity index (χ1) is 9.32. The average Bonchev–Trinajstić information content (AvgIpc) is 2.70. The molecule has 0 fully saturated rings. The summed E-state index contributed by atoms with van der Waals surface area (Å²) >= 11 is 0. The molecule has 2 rings (SSSR count). The molecule has 20 heavy (non-hydrogen) atoms. The van der Waals surface area contributed by atoms with E-state index in [4.69, 9.17) is 0 Å². The molecule has 106 valence electrons. The van der Waals surface area contributed by atoms with Crippen LogP contribution in [0.1, 0.15) is 12.0 Å². The average molecular weight is 284 g/mol. The molecule has 0 saturated heterocycles. The predicted molar refractivity (Wildman–Crippen MR) is 63.3 cm³/mol. The van der Waals surface area contributed by atoms with E-state index in [9.17, 15) is 18.4 Å². The largest absolute Gasteiger partial charge is 0.586 e. The van der Waals surface area contributed by atoms with Crippen molar-refractivity contribution in [1.82, 2.24) is 0 Å². The SMILES string of the molecule is C=C(C(=O)CC(=O)OC)c1ccc2c(c1)OC(F)(F)O2. The number of allylic oxidation sites excluding steroid dienone is 1. The molecule has 0 bridgehead atoms. The summed E-state index contributed by atoms with van der Waals surface area (Å²) in [6.45, 7) is 3.53. The second kappa shape index (κ2) is 4.92. The number of halogens is 2. The monoisotopic (exact) mass is 284 g/mol. The zero-order valence-electron chi connectivity index (χ0n) is 10.4. The van der Waals surface area contributed by atoms with Gasteiger partial charge in [0.05, 0.1) is 7.11 Å². The molecule has 1 aliphatic rings. The number of hydrogen-bond donors (Lipinski definition) is 0. The third-order valence-electron chi connectivity index (χ3n) is 2.62. The lowest BCUT2D eigenvalue weighted by Crippen LogP contribution is -2.25. The number of carbonyl (C=O) groups excluding carboxylic acids is 2. The number of esters is 1. The molecule has 0 amide bonds. The number of benzene rings is 1. The molecule has 0 aromatic heterocycles. The lowest BCUT2D eigenvalue weighted by Gasteiger charge is -2.05. The van der Waals surface area contributed by atoms with Gasteiger partial charge < -0.3 is 14.2 Å². The summed E-state index contributed by atoms with van der Waals surface area (Å²) in [5, 5.41) is 0. The maximum Gasteiger partial charge on any atom is 0.586 e. The number of Topliss-reactive ketones (excluding diaryl/α,β-unsaturated/α-hetero) is 1. The van der Waals surface area contributed by atoms with E-state index in [2.05, 4.69) is 20.8 Å². The zero-order chi connectivity index (χ0) is 14.9. The summed E-state index contributed by atoms with van der Waals surface area (Å²) in [5.74, 6) is -1.60. The molecular formula is C13H10F2O5. The molecule has 0 unspecified atom stereocenters. The number of rotatable bonds is 4. The number of ketones is 1. The van der Waals surface area contributed by atoms with Gasteiger partial charge in [-0.3, -0.25) is 9.59 Å². The van der Waals surface area contributed by atoms with Crippen molar-refractivity contribution in [3.63, 3.8) is 0 Å². The summed E-state index contributed by atoms with van der Waals surface area (Å²) in [6.07, 6.45) is -4.20. The Labute approximate surface area is 112 Å². The van der Waals surface area contributed by atoms with E-state index in [0.717, 1.165) is 7.11 Å². The van der Waals surface area contributed by atoms with Crippen molar-refractivity contribution in [3.8, 4) is 11.5 Å². The van der Waals surface area contributed by atoms with Crippen molar-refractivity contribution in [3.05, 3.63) is 30.3 Å². The van der Waals surface area contributed by atoms with Crippen molar-refractivity contribution in [1.29, 1.82) is 0 Å². The van der Waals surface area contributed by atoms with Gasteiger partial charge in [0.25, 0.3) is 0 Å². The molecule has 1 aliphatic heterocycles. The van der Waals surface area contributed by atoms with Crippen molar-refractivity contribution in [2.24, 2.45) is 0 Å². The van der Waals surface area contributed by atoms with Crippen molar-refractivity contribution in [2.75, 3.05) is 7.11 Å². The fourth-order valence-electron chi connectivity index (χ4n) is 1.61. The van der Waals surface area contributed by atoms with Gasteiger partial charge in [-0.15, -0.1) is 8.78 Å². The van der Waals surface area contributed by atoms with E-state index in [0.29, 0.717) is 0 Å². The van der Waals surface area contributed by atoms with E-state index in [1.54, 1.807) is 0 Å². The van der Waals surface area contributed by atoms with Crippen LogP contribution in [0.2, 0.25) is 0 Å². The minimum absolute atomic E-state index is 0.00276. The zero-order valence-corrected chi connectivity index (χ0v) is 10.4. The van der Waals surface area contributed by atoms with E-state index in [-0.39, 0.29) is 22.6 Å². The van der Waals surface area contributed by atoms with Crippen LogP contribution in [-0.2, 0) is 14.3 Å². The molecule has 0 aliphatic carbocycles. The number of methoxy groups -OCH3 is 1. The van der Waals surface area contributed by atoms with E-state index >= 15 is 0 Å². The summed E-state index contributed by atoms with van der Waals surface area (Å²) in [6, 6.07) is 3.82. The highest BCUT2D eigenvalue weighted by Gasteiger charge is 2.43. The van der Waals surface area contributed by atoms with Crippen LogP contribution >= 0.6 is 0 Å². The molecule has 0 saturated carbocycles. The Balaban J connectivity index is 2.17. The highest BCUT2D eigenvalue weighted by molar-refractivity contribution is 6.24. The fourth-order valence-corrected chi connectivity index (χ4v) is 1.61. The quantitative estimate of drug-likeness (QED) is 0.481. The van der Waals surface area contributed by atoms with Crippen LogP contribution in [0.3, 0.4) is 0 Å². The molecule has 7 heteroatoms. The minimum Gasteiger partial charge on any atom is -0.469 e. The first kappa shape index (κ1) is 14.0. The third kappa shape index (κ3) is 2.76. The number of alkyl halides is 2. The van der Waals surface area contributed by atoms with Gasteiger partial charge >= 0.3 is 12.3 Å². The Morgan fingerprint density at radius 1 is 1.30 bits per heavy atom. The van der Waals surface area contributed by atoms with Crippen LogP contribution in [0.4, 0.5) is 8.78 Å². The van der Waals surface area contributed by atoms with Crippen molar-refractivity contribution >= 4 is 17.3 Å². The van der Waals surface area contributed by atoms with Gasteiger partial charge in [0.15, 0.2) is 17.3 Å². The van der Waals surface area contributed by atoms with Crippen LogP contribution in [0.15, 0.2) is 24.8 Å². The van der Waals surface area contributed by atoms with Gasteiger partial charge in [-0.2, -0.15) is 0 Å². The Morgan fingerprint density at radius 3 is 2.60 bits per heavy atom. The molecule has 1 aromatic carbocycles. The standard InChI is InChI=1S/C13H10F2O5/c1-7(9(16)6-12(17)18-2)8-3-4-10-11(5-8)20-13(14,15)19-10/h3-5H,1,6H2,2H3. The second-order valence-corrected chi connectivity index (χ2v) is 3.98. The number of fused-ring (bicyclic) bond motifs is 1. The maximum absolute atomic E-state index is 12.9. The molecule has 1 heterocycles. The third-order valence-corrected chi connectivity index (χ3v) is 2.62. The van der Waals surface area contributed by atoms with Gasteiger partial charge in [0.2, 0.25) is 0 Å². The minimum atomic E-state index is -3.72. The van der Waals surface area contributed by atoms with Gasteiger partial charge in [0, 0.05) is 5.57 Å². The van der Waals surface area contributed by atoms with Crippen molar-refractivity contribution < 1.29 is 32.6 Å². The summed E-state index contributed by atoms with van der Waals surface area (Å²) in [5.41, 5.74) is 0.260. The maximum atomic E-state index is 12.9. The normalized spacial score (nSPS) is 14.8. The second-order valence-electron chi connectivity index (χ2n) is 3.98. The summed E-state index contributed by atoms with van der Waals surface area (Å²) in [7, 11) is 1.15. The Hall–Kier alpha value is -2.44. The Kier molecular flexibility index (Phi) is 3.44. The van der Waals surface area contributed by atoms with Crippen LogP contribution < -0.4 is 9.47 Å². The summed E-state index contributed by atoms with van der Waals surface area (Å²) in [4.78, 5) is 22.7. The molecule has 0 spiro atoms. The smallest absolute Gasteiger partial charge is 0.469 e. The number of carbonyl (C=O) groups is 2. The number of hydrogen-bond acceptors (Lipinski definition) is 5. The molecular weight excluding hydrogens is 274 g/mol. The van der Waals surface area contributed by atoms with E-state index < -0.39 is 24.5 Å². The lowest BCUT2D eigenvalue weighted by molar-refractivity contribution is -0.286. The Morgan fingerprint density at radius 2 is 1.95 bits per heavy atom. The first-order valence-electron chi connectivity index (χ1n) is 5.51. The predicted octanol–water partition coefficient (Wildman–Crippen LogP) is 2.15. The van der Waals surface area contributed by atoms with Crippen LogP contribution in [0.5, 0.6) is 11.5 Å². The van der Waals surface area contributed by atoms with Crippen LogP contribution in [0, 0.1) is 0 Å². The van der Waals surface area contributed by atoms with Gasteiger partial charge in [-0.05, 0) is 17.7 Å². The van der Waals surface area contributed by atoms with Crippen LogP contribution in [-0.4, -0.2) is 25.2 Å². The number of ether oxygens (including phenoxy) is 3. The topological polar surface area (TPSA) is 61.8 Å². The van der Waals surface area contributed by atoms with Crippen LogP contribution in [0.25, 0.3) is 5.57 Å². The molecule has 0 N–H and O–H groups in total. The fraction of sp³-hybridized carbons (Fsp3) is 0.231. The van der Waals surface area contributed by atoms with E-state index in [1.165, 1.54) is 18.2 Å². The highest BCUT2D eigenvalue weighted by atomic mass is 19.3. The van der Waals surface area contributed by atoms with Gasteiger partial charge in [-0.1, -0.05) is 12.6 Å². The van der Waals surface area contributed by atoms with E-state index in [1.807, 2.05) is 0 Å². The lowest BCUT2D eigenvalue weighted by atomic mass is 10.0. The molecule has 0 atom stereocenters. The first-order valence-corrected chi connectivity index (χ1v) is 5.51. The Bertz CT molecular complexity index is 594. The van der Waals surface area contributed by atoms with Gasteiger partial charge in [0.1, 0.15) is 6.42 Å². The summed E-state index contributed by atoms with van der Waals surface area (Å²) < 4.78 is 38.6. The van der Waals surface area contributed by atoms with Gasteiger partial charge in [-0.25, -0.2) is 0 Å². The molecule has 1 aromatic rings.